The summed E-state index contributed by atoms with van der Waals surface area (Å²) in [6, 6.07) is 0. The van der Waals surface area contributed by atoms with Crippen LogP contribution in [0.4, 0.5) is 0 Å². The lowest BCUT2D eigenvalue weighted by Gasteiger charge is -2.34. The number of hydrogen-bond acceptors (Lipinski definition) is 0. The van der Waals surface area contributed by atoms with E-state index in [9.17, 15) is 0 Å². The van der Waals surface area contributed by atoms with Crippen LogP contribution in [-0.4, -0.2) is 30.7 Å². The van der Waals surface area contributed by atoms with E-state index in [0.29, 0.717) is 0 Å². The molecule has 0 saturated carbocycles. The summed E-state index contributed by atoms with van der Waals surface area (Å²) in [6.45, 7) is 14.2. The fraction of sp³-hybridized carbons (Fsp3) is 0.889. The van der Waals surface area contributed by atoms with E-state index in [2.05, 4.69) is 27.7 Å². The Balaban J connectivity index is 0. The normalized spacial score (nSPS) is 10.8. The standard InChI is InChI=1S/C8H20N.CH3/c1-5-9(6-2,7-3)8-4;/h5-8H2,1-4H3;1H3/q+1;-1. The molecule has 0 N–H and O–H groups in total. The fourth-order valence-electron chi connectivity index (χ4n) is 1.34. The molecule has 1 heteroatoms. The zero-order valence-electron chi connectivity index (χ0n) is 8.28. The molecule has 0 aliphatic carbocycles. The van der Waals surface area contributed by atoms with E-state index < -0.39 is 0 Å². The molecule has 0 aromatic rings. The summed E-state index contributed by atoms with van der Waals surface area (Å²) in [5, 5.41) is 0. The van der Waals surface area contributed by atoms with Gasteiger partial charge in [0.2, 0.25) is 0 Å². The van der Waals surface area contributed by atoms with Gasteiger partial charge < -0.3 is 11.9 Å². The first-order valence-electron chi connectivity index (χ1n) is 4.09. The lowest BCUT2D eigenvalue weighted by molar-refractivity contribution is -0.921. The van der Waals surface area contributed by atoms with Crippen LogP contribution in [0.25, 0.3) is 0 Å². The Morgan fingerprint density at radius 2 is 0.900 bits per heavy atom. The van der Waals surface area contributed by atoms with Crippen LogP contribution in [0.1, 0.15) is 27.7 Å². The Hall–Kier alpha value is -0.0400. The highest BCUT2D eigenvalue weighted by Gasteiger charge is 2.16. The van der Waals surface area contributed by atoms with Crippen molar-refractivity contribution >= 4 is 0 Å². The molecule has 0 atom stereocenters. The molecular weight excluding hydrogens is 122 g/mol. The highest BCUT2D eigenvalue weighted by atomic mass is 15.3. The minimum Gasteiger partial charge on any atom is -0.358 e. The lowest BCUT2D eigenvalue weighted by atomic mass is 10.3. The molecule has 0 aliphatic rings. The van der Waals surface area contributed by atoms with Gasteiger partial charge in [-0.1, -0.05) is 0 Å². The number of rotatable bonds is 4. The smallest absolute Gasteiger partial charge is 0.0757 e. The van der Waals surface area contributed by atoms with Gasteiger partial charge in [-0.15, -0.1) is 0 Å². The molecule has 0 amide bonds. The van der Waals surface area contributed by atoms with Gasteiger partial charge in [0.05, 0.1) is 26.2 Å². The molecule has 0 unspecified atom stereocenters. The average molecular weight is 145 g/mol. The van der Waals surface area contributed by atoms with E-state index in [1.807, 2.05) is 0 Å². The van der Waals surface area contributed by atoms with Crippen molar-refractivity contribution in [2.75, 3.05) is 26.2 Å². The quantitative estimate of drug-likeness (QED) is 0.421. The third kappa shape index (κ3) is 2.70. The van der Waals surface area contributed by atoms with Crippen molar-refractivity contribution in [1.82, 2.24) is 0 Å². The van der Waals surface area contributed by atoms with Crippen LogP contribution in [0.5, 0.6) is 0 Å². The molecule has 0 radical (unpaired) electrons. The van der Waals surface area contributed by atoms with Crippen molar-refractivity contribution in [2.24, 2.45) is 0 Å². The van der Waals surface area contributed by atoms with Gasteiger partial charge in [-0.05, 0) is 27.7 Å². The van der Waals surface area contributed by atoms with Gasteiger partial charge in [0, 0.05) is 0 Å². The van der Waals surface area contributed by atoms with E-state index in [4.69, 9.17) is 0 Å². The van der Waals surface area contributed by atoms with Crippen LogP contribution < -0.4 is 0 Å². The summed E-state index contributed by atoms with van der Waals surface area (Å²) >= 11 is 0. The van der Waals surface area contributed by atoms with Gasteiger partial charge in [0.15, 0.2) is 0 Å². The predicted molar refractivity (Wildman–Crippen MR) is 48.8 cm³/mol. The van der Waals surface area contributed by atoms with Crippen LogP contribution >= 0.6 is 0 Å². The summed E-state index contributed by atoms with van der Waals surface area (Å²) in [4.78, 5) is 0. The van der Waals surface area contributed by atoms with Crippen molar-refractivity contribution < 1.29 is 4.48 Å². The third-order valence-corrected chi connectivity index (χ3v) is 2.68. The molecule has 10 heavy (non-hydrogen) atoms. The number of quaternary nitrogens is 1. The van der Waals surface area contributed by atoms with Crippen LogP contribution in [0.15, 0.2) is 0 Å². The Labute approximate surface area is 66.6 Å². The molecule has 0 spiro atoms. The van der Waals surface area contributed by atoms with Crippen LogP contribution in [0.2, 0.25) is 0 Å². The third-order valence-electron chi connectivity index (χ3n) is 2.68. The van der Waals surface area contributed by atoms with Crippen molar-refractivity contribution in [2.45, 2.75) is 27.7 Å². The van der Waals surface area contributed by atoms with Crippen LogP contribution in [0.3, 0.4) is 0 Å². The van der Waals surface area contributed by atoms with Gasteiger partial charge in [-0.25, -0.2) is 0 Å². The molecular formula is C9H23N. The molecule has 0 rings (SSSR count). The van der Waals surface area contributed by atoms with Crippen molar-refractivity contribution in [1.29, 1.82) is 0 Å². The summed E-state index contributed by atoms with van der Waals surface area (Å²) in [7, 11) is 0. The monoisotopic (exact) mass is 145 g/mol. The summed E-state index contributed by atoms with van der Waals surface area (Å²) < 4.78 is 1.28. The van der Waals surface area contributed by atoms with E-state index >= 15 is 0 Å². The van der Waals surface area contributed by atoms with Gasteiger partial charge in [0.25, 0.3) is 0 Å². The summed E-state index contributed by atoms with van der Waals surface area (Å²) in [6.07, 6.45) is 0. The first-order valence-corrected chi connectivity index (χ1v) is 4.09. The molecule has 0 aliphatic heterocycles. The van der Waals surface area contributed by atoms with Gasteiger partial charge in [0.1, 0.15) is 0 Å². The second-order valence-corrected chi connectivity index (χ2v) is 2.61. The van der Waals surface area contributed by atoms with E-state index in [-0.39, 0.29) is 7.43 Å². The largest absolute Gasteiger partial charge is 0.358 e. The second-order valence-electron chi connectivity index (χ2n) is 2.61. The van der Waals surface area contributed by atoms with Gasteiger partial charge in [-0.3, -0.25) is 0 Å². The summed E-state index contributed by atoms with van der Waals surface area (Å²) in [5.74, 6) is 0. The molecule has 1 nitrogen and oxygen atoms in total. The second kappa shape index (κ2) is 5.72. The van der Waals surface area contributed by atoms with Crippen LogP contribution in [-0.2, 0) is 0 Å². The highest BCUT2D eigenvalue weighted by Crippen LogP contribution is 2.03. The van der Waals surface area contributed by atoms with E-state index in [1.54, 1.807) is 0 Å². The molecule has 0 fully saturated rings. The van der Waals surface area contributed by atoms with Gasteiger partial charge >= 0.3 is 0 Å². The minimum absolute atomic E-state index is 0. The maximum absolute atomic E-state index is 2.27. The molecule has 0 saturated heterocycles. The van der Waals surface area contributed by atoms with Gasteiger partial charge in [-0.2, -0.15) is 0 Å². The lowest BCUT2D eigenvalue weighted by Crippen LogP contribution is -2.47. The molecule has 0 heterocycles. The first kappa shape index (κ1) is 12.6. The fourth-order valence-corrected chi connectivity index (χ4v) is 1.34. The molecule has 0 bridgehead atoms. The van der Waals surface area contributed by atoms with Crippen LogP contribution in [0, 0.1) is 7.43 Å². The molecule has 0 aromatic carbocycles. The Kier molecular flexibility index (Phi) is 7.22. The Morgan fingerprint density at radius 1 is 0.700 bits per heavy atom. The predicted octanol–water partition coefficient (Wildman–Crippen LogP) is 2.33. The minimum atomic E-state index is 0. The maximum atomic E-state index is 2.27. The Bertz CT molecular complexity index is 47.6. The van der Waals surface area contributed by atoms with E-state index in [0.717, 1.165) is 0 Å². The maximum Gasteiger partial charge on any atom is 0.0757 e. The molecule has 0 aromatic heterocycles. The first-order chi connectivity index (χ1) is 4.24. The number of nitrogens with zero attached hydrogens (tertiary/aromatic N) is 1. The molecule has 64 valence electrons. The zero-order chi connectivity index (χ0) is 7.33. The van der Waals surface area contributed by atoms with Crippen molar-refractivity contribution in [3.05, 3.63) is 7.43 Å². The summed E-state index contributed by atoms with van der Waals surface area (Å²) in [5.41, 5.74) is 0. The van der Waals surface area contributed by atoms with E-state index in [1.165, 1.54) is 30.7 Å². The van der Waals surface area contributed by atoms with Crippen molar-refractivity contribution in [3.8, 4) is 0 Å². The highest BCUT2D eigenvalue weighted by molar-refractivity contribution is 4.31. The van der Waals surface area contributed by atoms with Crippen molar-refractivity contribution in [3.63, 3.8) is 0 Å². The SMILES string of the molecule is CC[N+](CC)(CC)CC.[CH3-]. The topological polar surface area (TPSA) is 0 Å². The zero-order valence-corrected chi connectivity index (χ0v) is 8.28. The Morgan fingerprint density at radius 3 is 0.900 bits per heavy atom. The average Bonchev–Trinajstić information content (AvgIpc) is 1.95. The number of hydrogen-bond donors (Lipinski definition) is 0.